The molecular formula is C23H26N3O3+. The molecule has 3 N–H and O–H groups in total. The molecule has 0 bridgehead atoms. The molecule has 6 nitrogen and oxygen atoms in total. The van der Waals surface area contributed by atoms with Gasteiger partial charge in [0.05, 0.1) is 14.2 Å². The van der Waals surface area contributed by atoms with Gasteiger partial charge in [-0.25, -0.2) is 4.79 Å². The highest BCUT2D eigenvalue weighted by atomic mass is 16.5. The topological polar surface area (TPSA) is 71.9 Å². The molecule has 3 rings (SSSR count). The summed E-state index contributed by atoms with van der Waals surface area (Å²) in [6.45, 7) is 0.628. The summed E-state index contributed by atoms with van der Waals surface area (Å²) in [6.07, 6.45) is 0. The Labute approximate surface area is 170 Å². The summed E-state index contributed by atoms with van der Waals surface area (Å²) in [5.41, 5.74) is 1.96. The number of imide groups is 1. The highest BCUT2D eigenvalue weighted by molar-refractivity contribution is 5.96. The third kappa shape index (κ3) is 4.92. The van der Waals surface area contributed by atoms with Crippen molar-refractivity contribution in [1.29, 1.82) is 0 Å². The van der Waals surface area contributed by atoms with Gasteiger partial charge in [0.2, 0.25) is 0 Å². The lowest BCUT2D eigenvalue weighted by Crippen LogP contribution is -3.09. The Morgan fingerprint density at radius 1 is 1.00 bits per heavy atom. The first kappa shape index (κ1) is 20.4. The van der Waals surface area contributed by atoms with Gasteiger partial charge >= 0.3 is 6.03 Å². The van der Waals surface area contributed by atoms with Crippen LogP contribution in [-0.4, -0.2) is 33.1 Å². The van der Waals surface area contributed by atoms with Crippen molar-refractivity contribution in [3.63, 3.8) is 0 Å². The number of benzene rings is 3. The second-order valence-corrected chi connectivity index (χ2v) is 6.98. The number of quaternary nitrogens is 1. The minimum Gasteiger partial charge on any atom is -0.497 e. The van der Waals surface area contributed by atoms with Gasteiger partial charge in [-0.3, -0.25) is 10.1 Å². The van der Waals surface area contributed by atoms with Crippen LogP contribution in [0.25, 0.3) is 10.8 Å². The van der Waals surface area contributed by atoms with Crippen molar-refractivity contribution < 1.29 is 19.2 Å². The summed E-state index contributed by atoms with van der Waals surface area (Å²) in [4.78, 5) is 25.5. The van der Waals surface area contributed by atoms with Crippen LogP contribution in [0, 0.1) is 0 Å². The quantitative estimate of drug-likeness (QED) is 0.601. The first-order chi connectivity index (χ1) is 14.0. The molecule has 1 unspecified atom stereocenters. The van der Waals surface area contributed by atoms with Crippen LogP contribution < -0.4 is 20.3 Å². The number of carbonyl (C=O) groups is 2. The molecule has 0 spiro atoms. The molecule has 0 saturated carbocycles. The van der Waals surface area contributed by atoms with Crippen LogP contribution in [0.1, 0.15) is 17.2 Å². The van der Waals surface area contributed by atoms with Crippen LogP contribution in [0.4, 0.5) is 4.79 Å². The molecule has 3 amide bonds. The molecule has 0 aliphatic heterocycles. The van der Waals surface area contributed by atoms with Crippen LogP contribution >= 0.6 is 0 Å². The van der Waals surface area contributed by atoms with E-state index in [4.69, 9.17) is 4.74 Å². The predicted molar refractivity (Wildman–Crippen MR) is 113 cm³/mol. The molecule has 0 aliphatic carbocycles. The van der Waals surface area contributed by atoms with Gasteiger partial charge in [0.25, 0.3) is 5.91 Å². The van der Waals surface area contributed by atoms with E-state index in [1.165, 1.54) is 7.05 Å². The second-order valence-electron chi connectivity index (χ2n) is 6.98. The van der Waals surface area contributed by atoms with Crippen LogP contribution in [0.5, 0.6) is 5.75 Å². The Morgan fingerprint density at radius 3 is 2.38 bits per heavy atom. The molecule has 0 aromatic heterocycles. The Morgan fingerprint density at radius 2 is 1.69 bits per heavy atom. The molecule has 3 aromatic rings. The standard InChI is InChI=1S/C23H25N3O3/c1-24-23(28)25-22(27)21(17-7-5-4-6-8-17)26(2)15-16-9-10-19-14-20(29-3)12-11-18(19)13-16/h4-14,21H,15H2,1-3H3,(H2,24,25,27,28)/p+1/t21-/m1/s1. The number of likely N-dealkylation sites (N-methyl/N-ethyl adjacent to an activating group) is 1. The summed E-state index contributed by atoms with van der Waals surface area (Å²) < 4.78 is 5.28. The number of ether oxygens (including phenoxy) is 1. The maximum absolute atomic E-state index is 12.8. The highest BCUT2D eigenvalue weighted by Crippen LogP contribution is 2.22. The smallest absolute Gasteiger partial charge is 0.321 e. The average molecular weight is 392 g/mol. The van der Waals surface area contributed by atoms with Gasteiger partial charge in [-0.15, -0.1) is 0 Å². The third-order valence-corrected chi connectivity index (χ3v) is 4.95. The summed E-state index contributed by atoms with van der Waals surface area (Å²) in [5.74, 6) is 0.488. The lowest BCUT2D eigenvalue weighted by molar-refractivity contribution is -0.916. The van der Waals surface area contributed by atoms with Gasteiger partial charge in [0.15, 0.2) is 6.04 Å². The van der Waals surface area contributed by atoms with Crippen molar-refractivity contribution in [2.24, 2.45) is 0 Å². The fourth-order valence-corrected chi connectivity index (χ4v) is 3.49. The molecule has 0 aliphatic rings. The van der Waals surface area contributed by atoms with Crippen LogP contribution in [0.2, 0.25) is 0 Å². The molecular weight excluding hydrogens is 366 g/mol. The maximum Gasteiger partial charge on any atom is 0.321 e. The minimum atomic E-state index is -0.514. The number of urea groups is 1. The fourth-order valence-electron chi connectivity index (χ4n) is 3.49. The van der Waals surface area contributed by atoms with E-state index in [1.807, 2.05) is 55.6 Å². The SMILES string of the molecule is CNC(=O)NC(=O)[C@@H](c1ccccc1)[NH+](C)Cc1ccc2cc(OC)ccc2c1. The lowest BCUT2D eigenvalue weighted by Gasteiger charge is -2.24. The number of methoxy groups -OCH3 is 1. The summed E-state index contributed by atoms with van der Waals surface area (Å²) in [6, 6.07) is 20.7. The molecule has 2 atom stereocenters. The van der Waals surface area contributed by atoms with Crippen LogP contribution in [-0.2, 0) is 11.3 Å². The second kappa shape index (κ2) is 9.21. The van der Waals surface area contributed by atoms with Crippen molar-refractivity contribution in [2.45, 2.75) is 12.6 Å². The van der Waals surface area contributed by atoms with Gasteiger partial charge in [0, 0.05) is 18.2 Å². The van der Waals surface area contributed by atoms with Crippen molar-refractivity contribution in [3.05, 3.63) is 77.9 Å². The van der Waals surface area contributed by atoms with Crippen molar-refractivity contribution in [1.82, 2.24) is 10.6 Å². The normalized spacial score (nSPS) is 12.8. The Balaban J connectivity index is 1.85. The molecule has 3 aromatic carbocycles. The van der Waals surface area contributed by atoms with E-state index >= 15 is 0 Å². The predicted octanol–water partition coefficient (Wildman–Crippen LogP) is 2.06. The Bertz CT molecular complexity index is 1000. The summed E-state index contributed by atoms with van der Waals surface area (Å²) in [7, 11) is 5.10. The molecule has 0 fully saturated rings. The van der Waals surface area contributed by atoms with E-state index in [9.17, 15) is 9.59 Å². The zero-order chi connectivity index (χ0) is 20.8. The molecule has 0 radical (unpaired) electrons. The number of fused-ring (bicyclic) bond motifs is 1. The molecule has 0 heterocycles. The van der Waals surface area contributed by atoms with Gasteiger partial charge in [-0.1, -0.05) is 48.5 Å². The number of carbonyl (C=O) groups excluding carboxylic acids is 2. The van der Waals surface area contributed by atoms with Crippen molar-refractivity contribution in [2.75, 3.05) is 21.2 Å². The number of hydrogen-bond donors (Lipinski definition) is 3. The molecule has 150 valence electrons. The van der Waals surface area contributed by atoms with Gasteiger partial charge in [-0.2, -0.15) is 0 Å². The van der Waals surface area contributed by atoms with E-state index in [0.717, 1.165) is 32.5 Å². The average Bonchev–Trinajstić information content (AvgIpc) is 2.74. The highest BCUT2D eigenvalue weighted by Gasteiger charge is 2.30. The summed E-state index contributed by atoms with van der Waals surface area (Å²) >= 11 is 0. The molecule has 0 saturated heterocycles. The van der Waals surface area contributed by atoms with E-state index in [-0.39, 0.29) is 5.91 Å². The summed E-state index contributed by atoms with van der Waals surface area (Å²) in [5, 5.41) is 7.06. The fraction of sp³-hybridized carbons (Fsp3) is 0.217. The number of hydrogen-bond acceptors (Lipinski definition) is 3. The zero-order valence-electron chi connectivity index (χ0n) is 16.9. The first-order valence-electron chi connectivity index (χ1n) is 9.48. The number of rotatable bonds is 6. The van der Waals surface area contributed by atoms with Crippen molar-refractivity contribution in [3.8, 4) is 5.75 Å². The number of nitrogens with one attached hydrogen (secondary N) is 3. The monoisotopic (exact) mass is 392 g/mol. The molecule has 6 heteroatoms. The van der Waals surface area contributed by atoms with Crippen LogP contribution in [0.15, 0.2) is 66.7 Å². The minimum absolute atomic E-state index is 0.335. The van der Waals surface area contributed by atoms with Crippen LogP contribution in [0.3, 0.4) is 0 Å². The number of amides is 3. The third-order valence-electron chi connectivity index (χ3n) is 4.95. The largest absolute Gasteiger partial charge is 0.497 e. The van der Waals surface area contributed by atoms with Gasteiger partial charge < -0.3 is 15.0 Å². The van der Waals surface area contributed by atoms with E-state index in [0.29, 0.717) is 6.54 Å². The van der Waals surface area contributed by atoms with Gasteiger partial charge in [0.1, 0.15) is 12.3 Å². The molecule has 29 heavy (non-hydrogen) atoms. The first-order valence-corrected chi connectivity index (χ1v) is 9.48. The van der Waals surface area contributed by atoms with E-state index in [2.05, 4.69) is 28.8 Å². The maximum atomic E-state index is 12.8. The van der Waals surface area contributed by atoms with E-state index < -0.39 is 12.1 Å². The zero-order valence-corrected chi connectivity index (χ0v) is 16.9. The Kier molecular flexibility index (Phi) is 6.46. The van der Waals surface area contributed by atoms with Crippen molar-refractivity contribution >= 4 is 22.7 Å². The van der Waals surface area contributed by atoms with Gasteiger partial charge in [-0.05, 0) is 29.0 Å². The lowest BCUT2D eigenvalue weighted by atomic mass is 10.0. The Hall–Kier alpha value is -3.38. The van der Waals surface area contributed by atoms with E-state index in [1.54, 1.807) is 7.11 Å².